The number of carboxylic acid groups (broad SMARTS) is 1. The summed E-state index contributed by atoms with van der Waals surface area (Å²) in [4.78, 5) is 21.7. The van der Waals surface area contributed by atoms with Crippen LogP contribution in [0.5, 0.6) is 6.01 Å². The van der Waals surface area contributed by atoms with Gasteiger partial charge in [-0.2, -0.15) is 0 Å². The number of hydrogen-bond acceptors (Lipinski definition) is 7. The van der Waals surface area contributed by atoms with Crippen LogP contribution >= 0.6 is 0 Å². The summed E-state index contributed by atoms with van der Waals surface area (Å²) in [5.74, 6) is -0.813. The van der Waals surface area contributed by atoms with Crippen molar-refractivity contribution in [1.82, 2.24) is 9.97 Å². The third kappa shape index (κ3) is 8.00. The zero-order valence-electron chi connectivity index (χ0n) is 19.6. The number of nitrogens with zero attached hydrogens (tertiary/aromatic N) is 3. The van der Waals surface area contributed by atoms with Crippen LogP contribution in [0.3, 0.4) is 0 Å². The molecule has 8 nitrogen and oxygen atoms in total. The standard InChI is InChI=1S/C20H28N4O3.C4H8O/c1-5-14(11-19(25)26)15-8-9-18(24(4)6-2)17(10-15)23-16-12-21-20(22-13-16)27-7-3;1-2-4-5-3-1/h8-10,12-14,23H,5-7,11H2,1-4H3,(H,25,26);1-4H2. The van der Waals surface area contributed by atoms with E-state index in [1.807, 2.05) is 39.1 Å². The van der Waals surface area contributed by atoms with Gasteiger partial charge in [-0.15, -0.1) is 0 Å². The van der Waals surface area contributed by atoms with Gasteiger partial charge in [-0.05, 0) is 56.7 Å². The molecule has 1 aliphatic rings. The molecule has 0 spiro atoms. The highest BCUT2D eigenvalue weighted by Crippen LogP contribution is 2.33. The molecule has 0 radical (unpaired) electrons. The van der Waals surface area contributed by atoms with Gasteiger partial charge in [0, 0.05) is 26.8 Å². The fourth-order valence-electron chi connectivity index (χ4n) is 3.37. The molecule has 2 heterocycles. The second-order valence-corrected chi connectivity index (χ2v) is 7.63. The predicted octanol–water partition coefficient (Wildman–Crippen LogP) is 4.84. The number of carbonyl (C=O) groups is 1. The van der Waals surface area contributed by atoms with Crippen LogP contribution in [-0.4, -0.2) is 54.5 Å². The molecule has 1 saturated heterocycles. The highest BCUT2D eigenvalue weighted by molar-refractivity contribution is 5.76. The summed E-state index contributed by atoms with van der Waals surface area (Å²) < 4.78 is 10.2. The van der Waals surface area contributed by atoms with Crippen molar-refractivity contribution in [3.8, 4) is 6.01 Å². The lowest BCUT2D eigenvalue weighted by atomic mass is 9.92. The van der Waals surface area contributed by atoms with Crippen LogP contribution in [-0.2, 0) is 9.53 Å². The molecule has 32 heavy (non-hydrogen) atoms. The summed E-state index contributed by atoms with van der Waals surface area (Å²) in [6, 6.07) is 6.41. The topological polar surface area (TPSA) is 96.8 Å². The van der Waals surface area contributed by atoms with E-state index in [1.54, 1.807) is 12.4 Å². The van der Waals surface area contributed by atoms with Gasteiger partial charge >= 0.3 is 12.0 Å². The zero-order chi connectivity index (χ0) is 23.3. The Morgan fingerprint density at radius 2 is 1.91 bits per heavy atom. The van der Waals surface area contributed by atoms with Gasteiger partial charge in [0.1, 0.15) is 0 Å². The van der Waals surface area contributed by atoms with Crippen molar-refractivity contribution in [3.63, 3.8) is 0 Å². The molecule has 1 aromatic carbocycles. The van der Waals surface area contributed by atoms with Crippen molar-refractivity contribution in [2.75, 3.05) is 43.6 Å². The first-order chi connectivity index (χ1) is 15.5. The number of rotatable bonds is 10. The first-order valence-electron chi connectivity index (χ1n) is 11.3. The summed E-state index contributed by atoms with van der Waals surface area (Å²) >= 11 is 0. The number of ether oxygens (including phenoxy) is 2. The number of nitrogens with one attached hydrogen (secondary N) is 1. The van der Waals surface area contributed by atoms with E-state index in [-0.39, 0.29) is 12.3 Å². The van der Waals surface area contributed by atoms with Crippen molar-refractivity contribution in [2.45, 2.75) is 52.4 Å². The summed E-state index contributed by atoms with van der Waals surface area (Å²) in [5.41, 5.74) is 3.67. The first-order valence-corrected chi connectivity index (χ1v) is 11.3. The van der Waals surface area contributed by atoms with Crippen molar-refractivity contribution < 1.29 is 19.4 Å². The summed E-state index contributed by atoms with van der Waals surface area (Å²) in [6.07, 6.45) is 6.79. The number of anilines is 3. The van der Waals surface area contributed by atoms with E-state index < -0.39 is 5.97 Å². The smallest absolute Gasteiger partial charge is 0.316 e. The molecule has 1 unspecified atom stereocenters. The monoisotopic (exact) mass is 444 g/mol. The van der Waals surface area contributed by atoms with Gasteiger partial charge < -0.3 is 24.8 Å². The van der Waals surface area contributed by atoms with Crippen LogP contribution in [0.2, 0.25) is 0 Å². The van der Waals surface area contributed by atoms with E-state index in [4.69, 9.17) is 9.47 Å². The molecule has 0 aliphatic carbocycles. The van der Waals surface area contributed by atoms with Crippen LogP contribution in [0.25, 0.3) is 0 Å². The summed E-state index contributed by atoms with van der Waals surface area (Å²) in [7, 11) is 2.02. The van der Waals surface area contributed by atoms with Crippen molar-refractivity contribution >= 4 is 23.0 Å². The number of hydrogen-bond donors (Lipinski definition) is 2. The van der Waals surface area contributed by atoms with Crippen molar-refractivity contribution in [3.05, 3.63) is 36.2 Å². The maximum Gasteiger partial charge on any atom is 0.316 e. The minimum atomic E-state index is -0.786. The van der Waals surface area contributed by atoms with E-state index >= 15 is 0 Å². The van der Waals surface area contributed by atoms with Gasteiger partial charge in [0.15, 0.2) is 0 Å². The van der Waals surface area contributed by atoms with Gasteiger partial charge in [-0.25, -0.2) is 9.97 Å². The van der Waals surface area contributed by atoms with Crippen LogP contribution in [0.4, 0.5) is 17.1 Å². The quantitative estimate of drug-likeness (QED) is 0.537. The maximum atomic E-state index is 11.2. The van der Waals surface area contributed by atoms with Gasteiger partial charge in [-0.3, -0.25) is 4.79 Å². The van der Waals surface area contributed by atoms with E-state index in [9.17, 15) is 9.90 Å². The number of benzene rings is 1. The Bertz CT molecular complexity index is 818. The zero-order valence-corrected chi connectivity index (χ0v) is 19.6. The number of carboxylic acids is 1. The Labute approximate surface area is 191 Å². The molecule has 2 N–H and O–H groups in total. The molecule has 1 fully saturated rings. The lowest BCUT2D eigenvalue weighted by Crippen LogP contribution is -2.17. The van der Waals surface area contributed by atoms with E-state index in [2.05, 4.69) is 27.1 Å². The van der Waals surface area contributed by atoms with Crippen LogP contribution in [0, 0.1) is 0 Å². The fraction of sp³-hybridized carbons (Fsp3) is 0.542. The fourth-order valence-corrected chi connectivity index (χ4v) is 3.37. The summed E-state index contributed by atoms with van der Waals surface area (Å²) in [6.45, 7) is 9.33. The minimum Gasteiger partial charge on any atom is -0.481 e. The Morgan fingerprint density at radius 3 is 2.41 bits per heavy atom. The van der Waals surface area contributed by atoms with Crippen LogP contribution in [0.1, 0.15) is 57.9 Å². The minimum absolute atomic E-state index is 0.0272. The largest absolute Gasteiger partial charge is 0.481 e. The molecular weight excluding hydrogens is 408 g/mol. The predicted molar refractivity (Wildman–Crippen MR) is 127 cm³/mol. The Hall–Kier alpha value is -2.87. The van der Waals surface area contributed by atoms with Crippen LogP contribution in [0.15, 0.2) is 30.6 Å². The highest BCUT2D eigenvalue weighted by Gasteiger charge is 2.16. The molecule has 1 aliphatic heterocycles. The average molecular weight is 445 g/mol. The number of aromatic nitrogens is 2. The molecule has 2 aromatic rings. The molecule has 1 atom stereocenters. The molecule has 3 rings (SSSR count). The number of aliphatic carboxylic acids is 1. The second kappa shape index (κ2) is 13.5. The third-order valence-electron chi connectivity index (χ3n) is 5.30. The van der Waals surface area contributed by atoms with E-state index in [0.717, 1.165) is 48.8 Å². The van der Waals surface area contributed by atoms with Gasteiger partial charge in [0.2, 0.25) is 0 Å². The average Bonchev–Trinajstić information content (AvgIpc) is 3.39. The normalized spacial score (nSPS) is 13.6. The lowest BCUT2D eigenvalue weighted by Gasteiger charge is -2.23. The Kier molecular flexibility index (Phi) is 10.7. The van der Waals surface area contributed by atoms with E-state index in [0.29, 0.717) is 12.6 Å². The Balaban J connectivity index is 0.000000636. The van der Waals surface area contributed by atoms with Gasteiger partial charge in [0.25, 0.3) is 0 Å². The van der Waals surface area contributed by atoms with Gasteiger partial charge in [0.05, 0.1) is 42.5 Å². The molecule has 0 saturated carbocycles. The lowest BCUT2D eigenvalue weighted by molar-refractivity contribution is -0.137. The first kappa shape index (κ1) is 25.4. The molecule has 8 heteroatoms. The molecule has 176 valence electrons. The molecular formula is C24H36N4O4. The third-order valence-corrected chi connectivity index (χ3v) is 5.30. The highest BCUT2D eigenvalue weighted by atomic mass is 16.5. The molecule has 0 bridgehead atoms. The molecule has 0 amide bonds. The van der Waals surface area contributed by atoms with Crippen molar-refractivity contribution in [1.29, 1.82) is 0 Å². The maximum absolute atomic E-state index is 11.2. The summed E-state index contributed by atoms with van der Waals surface area (Å²) in [5, 5.41) is 12.5. The van der Waals surface area contributed by atoms with Gasteiger partial charge in [-0.1, -0.05) is 13.0 Å². The van der Waals surface area contributed by atoms with Crippen LogP contribution < -0.4 is 15.0 Å². The molecule has 1 aromatic heterocycles. The van der Waals surface area contributed by atoms with E-state index in [1.165, 1.54) is 12.8 Å². The SMILES string of the molecule is C1CCOC1.CCOc1ncc(Nc2cc(C(CC)CC(=O)O)ccc2N(C)CC)cn1. The Morgan fingerprint density at radius 1 is 1.22 bits per heavy atom. The van der Waals surface area contributed by atoms with Crippen molar-refractivity contribution in [2.24, 2.45) is 0 Å². The second-order valence-electron chi connectivity index (χ2n) is 7.63.